The van der Waals surface area contributed by atoms with Gasteiger partial charge in [0.25, 0.3) is 0 Å². The minimum atomic E-state index is -1.01. The highest BCUT2D eigenvalue weighted by Gasteiger charge is 2.39. The van der Waals surface area contributed by atoms with Gasteiger partial charge in [-0.3, -0.25) is 14.8 Å². The van der Waals surface area contributed by atoms with E-state index in [-0.39, 0.29) is 17.9 Å². The normalized spacial score (nSPS) is 22.7. The number of piperidine rings is 1. The first kappa shape index (κ1) is 22.0. The molecule has 0 spiro atoms. The third-order valence-electron chi connectivity index (χ3n) is 6.03. The van der Waals surface area contributed by atoms with Crippen LogP contribution in [-0.2, 0) is 4.79 Å². The summed E-state index contributed by atoms with van der Waals surface area (Å²) in [6, 6.07) is 5.78. The SMILES string of the molecule is C=Nc1c(N2CC(NC(=O)[C@@H](O)C(C)C)CC(C3CC3)C2)ccc(C#N)c1N=CC. The van der Waals surface area contributed by atoms with Gasteiger partial charge in [-0.05, 0) is 62.8 Å². The molecule has 1 aliphatic carbocycles. The van der Waals surface area contributed by atoms with Crippen molar-refractivity contribution in [3.8, 4) is 6.07 Å². The minimum Gasteiger partial charge on any atom is -0.383 e. The Morgan fingerprint density at radius 3 is 2.63 bits per heavy atom. The predicted molar refractivity (Wildman–Crippen MR) is 120 cm³/mol. The van der Waals surface area contributed by atoms with Crippen molar-refractivity contribution in [3.05, 3.63) is 17.7 Å². The molecule has 3 atom stereocenters. The topological polar surface area (TPSA) is 101 Å². The smallest absolute Gasteiger partial charge is 0.249 e. The van der Waals surface area contributed by atoms with Gasteiger partial charge < -0.3 is 15.3 Å². The first-order valence-electron chi connectivity index (χ1n) is 10.6. The van der Waals surface area contributed by atoms with E-state index in [9.17, 15) is 15.2 Å². The highest BCUT2D eigenvalue weighted by atomic mass is 16.3. The number of amides is 1. The number of carbonyl (C=O) groups is 1. The summed E-state index contributed by atoms with van der Waals surface area (Å²) >= 11 is 0. The second kappa shape index (κ2) is 9.40. The summed E-state index contributed by atoms with van der Waals surface area (Å²) in [6.07, 6.45) is 3.99. The third-order valence-corrected chi connectivity index (χ3v) is 6.03. The number of aliphatic hydroxyl groups is 1. The quantitative estimate of drug-likeness (QED) is 0.674. The number of nitrogens with zero attached hydrogens (tertiary/aromatic N) is 4. The maximum Gasteiger partial charge on any atom is 0.249 e. The molecule has 1 amide bonds. The largest absolute Gasteiger partial charge is 0.383 e. The zero-order valence-corrected chi connectivity index (χ0v) is 18.0. The Hall–Kier alpha value is -2.72. The van der Waals surface area contributed by atoms with Crippen molar-refractivity contribution in [1.82, 2.24) is 5.32 Å². The molecule has 0 radical (unpaired) electrons. The van der Waals surface area contributed by atoms with E-state index in [4.69, 9.17) is 0 Å². The van der Waals surface area contributed by atoms with Crippen LogP contribution >= 0.6 is 0 Å². The Morgan fingerprint density at radius 2 is 2.07 bits per heavy atom. The molecular weight excluding hydrogens is 378 g/mol. The molecule has 7 nitrogen and oxygen atoms in total. The lowest BCUT2D eigenvalue weighted by Gasteiger charge is -2.40. The van der Waals surface area contributed by atoms with Crippen LogP contribution in [0, 0.1) is 29.1 Å². The van der Waals surface area contributed by atoms with Crippen LogP contribution in [0.2, 0.25) is 0 Å². The van der Waals surface area contributed by atoms with Crippen LogP contribution in [-0.4, -0.2) is 49.2 Å². The zero-order chi connectivity index (χ0) is 21.8. The maximum absolute atomic E-state index is 12.5. The first-order valence-corrected chi connectivity index (χ1v) is 10.6. The number of rotatable bonds is 7. The summed E-state index contributed by atoms with van der Waals surface area (Å²) in [5.41, 5.74) is 2.45. The Labute approximate surface area is 178 Å². The number of aliphatic hydroxyl groups excluding tert-OH is 1. The van der Waals surface area contributed by atoms with Gasteiger partial charge in [0.15, 0.2) is 0 Å². The van der Waals surface area contributed by atoms with E-state index in [2.05, 4.69) is 33.0 Å². The summed E-state index contributed by atoms with van der Waals surface area (Å²) in [7, 11) is 0. The molecular formula is C23H31N5O2. The van der Waals surface area contributed by atoms with E-state index >= 15 is 0 Å². The van der Waals surface area contributed by atoms with E-state index < -0.39 is 6.10 Å². The lowest BCUT2D eigenvalue weighted by atomic mass is 9.89. The van der Waals surface area contributed by atoms with Gasteiger partial charge in [-0.15, -0.1) is 0 Å². The van der Waals surface area contributed by atoms with Gasteiger partial charge in [0.05, 0.1) is 11.3 Å². The van der Waals surface area contributed by atoms with Gasteiger partial charge in [-0.25, -0.2) is 0 Å². The van der Waals surface area contributed by atoms with Crippen LogP contribution in [0.25, 0.3) is 0 Å². The lowest BCUT2D eigenvalue weighted by molar-refractivity contribution is -0.132. The molecule has 30 heavy (non-hydrogen) atoms. The molecule has 1 aromatic carbocycles. The average molecular weight is 410 g/mol. The number of nitriles is 1. The maximum atomic E-state index is 12.5. The van der Waals surface area contributed by atoms with Gasteiger partial charge in [0.2, 0.25) is 5.91 Å². The van der Waals surface area contributed by atoms with Gasteiger partial charge in [-0.2, -0.15) is 5.26 Å². The molecule has 2 fully saturated rings. The van der Waals surface area contributed by atoms with Crippen molar-refractivity contribution in [3.63, 3.8) is 0 Å². The van der Waals surface area contributed by atoms with Crippen LogP contribution in [0.3, 0.4) is 0 Å². The molecule has 1 aromatic rings. The molecule has 2 aliphatic rings. The van der Waals surface area contributed by atoms with Crippen molar-refractivity contribution in [2.45, 2.75) is 52.2 Å². The number of anilines is 1. The summed E-state index contributed by atoms with van der Waals surface area (Å²) in [5.74, 6) is 0.693. The van der Waals surface area contributed by atoms with Crippen LogP contribution in [0.15, 0.2) is 22.1 Å². The van der Waals surface area contributed by atoms with Crippen LogP contribution in [0.4, 0.5) is 17.1 Å². The third kappa shape index (κ3) is 4.71. The molecule has 3 rings (SSSR count). The van der Waals surface area contributed by atoms with E-state index in [0.29, 0.717) is 35.3 Å². The zero-order valence-electron chi connectivity index (χ0n) is 18.0. The number of aliphatic imine (C=N–C) groups is 2. The van der Waals surface area contributed by atoms with Crippen molar-refractivity contribution < 1.29 is 9.90 Å². The summed E-state index contributed by atoms with van der Waals surface area (Å²) in [5, 5.41) is 22.6. The molecule has 160 valence electrons. The van der Waals surface area contributed by atoms with Crippen molar-refractivity contribution in [2.75, 3.05) is 18.0 Å². The predicted octanol–water partition coefficient (Wildman–Crippen LogP) is 3.35. The van der Waals surface area contributed by atoms with Gasteiger partial charge in [-0.1, -0.05) is 13.8 Å². The number of hydrogen-bond donors (Lipinski definition) is 2. The summed E-state index contributed by atoms with van der Waals surface area (Å²) in [4.78, 5) is 23.3. The molecule has 7 heteroatoms. The fourth-order valence-corrected chi connectivity index (χ4v) is 4.27. The Balaban J connectivity index is 1.90. The standard InChI is InChI=1S/C23H31N5O2/c1-5-26-20-16(11-24)8-9-19(21(20)25-4)28-12-17(15-6-7-15)10-18(13-28)27-23(30)22(29)14(2)3/h5,8-9,14-15,17-18,22,29H,4,6-7,10,12-13H2,1-3H3,(H,27,30)/t17?,18?,22-/m0/s1. The van der Waals surface area contributed by atoms with E-state index in [0.717, 1.165) is 18.7 Å². The van der Waals surface area contributed by atoms with Crippen LogP contribution in [0.1, 0.15) is 45.6 Å². The van der Waals surface area contributed by atoms with E-state index in [1.807, 2.05) is 19.9 Å². The Kier molecular flexibility index (Phi) is 6.88. The van der Waals surface area contributed by atoms with Gasteiger partial charge in [0.1, 0.15) is 23.5 Å². The Morgan fingerprint density at radius 1 is 1.33 bits per heavy atom. The van der Waals surface area contributed by atoms with Crippen LogP contribution < -0.4 is 10.2 Å². The first-order chi connectivity index (χ1) is 14.4. The number of carbonyl (C=O) groups excluding carboxylic acids is 1. The number of hydrogen-bond acceptors (Lipinski definition) is 6. The highest BCUT2D eigenvalue weighted by molar-refractivity contribution is 5.86. The summed E-state index contributed by atoms with van der Waals surface area (Å²) in [6.45, 7) is 10.7. The van der Waals surface area contributed by atoms with Gasteiger partial charge >= 0.3 is 0 Å². The second-order valence-corrected chi connectivity index (χ2v) is 8.62. The fraction of sp³-hybridized carbons (Fsp3) is 0.565. The molecule has 1 aliphatic heterocycles. The molecule has 0 bridgehead atoms. The van der Waals surface area contributed by atoms with Crippen LogP contribution in [0.5, 0.6) is 0 Å². The van der Waals surface area contributed by atoms with Crippen molar-refractivity contribution in [1.29, 1.82) is 5.26 Å². The van der Waals surface area contributed by atoms with E-state index in [1.165, 1.54) is 12.8 Å². The molecule has 1 heterocycles. The lowest BCUT2D eigenvalue weighted by Crippen LogP contribution is -2.53. The molecule has 0 aromatic heterocycles. The molecule has 2 unspecified atom stereocenters. The average Bonchev–Trinajstić information content (AvgIpc) is 3.58. The van der Waals surface area contributed by atoms with Gasteiger partial charge in [0, 0.05) is 25.3 Å². The van der Waals surface area contributed by atoms with Crippen molar-refractivity contribution >= 4 is 35.9 Å². The second-order valence-electron chi connectivity index (χ2n) is 8.62. The number of nitrogens with one attached hydrogen (secondary N) is 1. The molecule has 1 saturated carbocycles. The molecule has 2 N–H and O–H groups in total. The highest BCUT2D eigenvalue weighted by Crippen LogP contribution is 2.45. The monoisotopic (exact) mass is 409 g/mol. The number of benzene rings is 1. The Bertz CT molecular complexity index is 869. The van der Waals surface area contributed by atoms with Crippen molar-refractivity contribution in [2.24, 2.45) is 27.7 Å². The summed E-state index contributed by atoms with van der Waals surface area (Å²) < 4.78 is 0. The fourth-order valence-electron chi connectivity index (χ4n) is 4.27. The minimum absolute atomic E-state index is 0.0586. The molecule has 1 saturated heterocycles. The van der Waals surface area contributed by atoms with E-state index in [1.54, 1.807) is 19.2 Å².